The van der Waals surface area contributed by atoms with Crippen molar-refractivity contribution in [2.45, 2.75) is 32.6 Å². The highest BCUT2D eigenvalue weighted by Gasteiger charge is 2.21. The fourth-order valence-electron chi connectivity index (χ4n) is 2.70. The van der Waals surface area contributed by atoms with Gasteiger partial charge in [0.25, 0.3) is 0 Å². The molecule has 29 heavy (non-hydrogen) atoms. The molecule has 2 rings (SSSR count). The number of amides is 2. The lowest BCUT2D eigenvalue weighted by molar-refractivity contribution is -0.154. The van der Waals surface area contributed by atoms with Crippen LogP contribution in [0.2, 0.25) is 0 Å². The molecule has 0 aliphatic rings. The molecule has 0 aliphatic carbocycles. The molecule has 0 fully saturated rings. The molecule has 0 saturated carbocycles. The molecule has 10 nitrogen and oxygen atoms in total. The van der Waals surface area contributed by atoms with Crippen molar-refractivity contribution in [1.82, 2.24) is 25.4 Å². The Balaban J connectivity index is 1.99. The van der Waals surface area contributed by atoms with Crippen molar-refractivity contribution in [1.29, 1.82) is 0 Å². The number of nitrogens with zero attached hydrogens (tertiary/aromatic N) is 5. The van der Waals surface area contributed by atoms with E-state index in [1.165, 1.54) is 0 Å². The van der Waals surface area contributed by atoms with Crippen LogP contribution in [-0.4, -0.2) is 51.1 Å². The second-order valence-corrected chi connectivity index (χ2v) is 6.52. The van der Waals surface area contributed by atoms with Crippen LogP contribution in [0.5, 0.6) is 0 Å². The summed E-state index contributed by atoms with van der Waals surface area (Å²) in [6.07, 6.45) is 6.89. The predicted molar refractivity (Wildman–Crippen MR) is 108 cm³/mol. The lowest BCUT2D eigenvalue weighted by Crippen LogP contribution is -2.40. The zero-order valence-electron chi connectivity index (χ0n) is 16.7. The summed E-state index contributed by atoms with van der Waals surface area (Å²) in [5, 5.41) is 9.93. The number of anilines is 3. The SMILES string of the molecule is CCCCC[C@@H](CN(O)C=O)C(=O)NNc1nccc(N(C)c2ccccn2)n1. The number of hydroxylamine groups is 2. The number of unbranched alkanes of at least 4 members (excludes halogenated alkanes) is 2. The second-order valence-electron chi connectivity index (χ2n) is 6.52. The van der Waals surface area contributed by atoms with Crippen LogP contribution in [0.1, 0.15) is 32.6 Å². The molecule has 2 aromatic rings. The standard InChI is InChI=1S/C19H27N7O3/c1-3-4-5-8-15(13-26(29)14-27)18(28)23-24-19-21-12-10-17(22-19)25(2)16-9-6-7-11-20-16/h6-7,9-12,14-15,29H,3-5,8,13H2,1-2H3,(H,23,28)(H,21,22,24)/t15-/m0/s1. The van der Waals surface area contributed by atoms with Gasteiger partial charge in [-0.05, 0) is 24.6 Å². The van der Waals surface area contributed by atoms with Gasteiger partial charge in [0.05, 0.1) is 12.5 Å². The zero-order chi connectivity index (χ0) is 21.1. The minimum absolute atomic E-state index is 0.0793. The number of hydrogen-bond donors (Lipinski definition) is 3. The molecule has 0 aromatic carbocycles. The summed E-state index contributed by atoms with van der Waals surface area (Å²) in [6, 6.07) is 7.28. The third-order valence-electron chi connectivity index (χ3n) is 4.33. The molecule has 2 aromatic heterocycles. The van der Waals surface area contributed by atoms with Gasteiger partial charge < -0.3 is 4.90 Å². The maximum Gasteiger partial charge on any atom is 0.243 e. The van der Waals surface area contributed by atoms with Crippen LogP contribution >= 0.6 is 0 Å². The van der Waals surface area contributed by atoms with Gasteiger partial charge in [-0.1, -0.05) is 32.3 Å². The van der Waals surface area contributed by atoms with E-state index in [-0.39, 0.29) is 24.8 Å². The summed E-state index contributed by atoms with van der Waals surface area (Å²) in [7, 11) is 1.83. The fraction of sp³-hybridized carbons (Fsp3) is 0.421. The molecule has 2 heterocycles. The Kier molecular flexibility index (Phi) is 8.77. The molecule has 0 unspecified atom stereocenters. The molecular weight excluding hydrogens is 374 g/mol. The van der Waals surface area contributed by atoms with Crippen LogP contribution in [0.4, 0.5) is 17.6 Å². The number of hydrogen-bond acceptors (Lipinski definition) is 8. The van der Waals surface area contributed by atoms with E-state index in [4.69, 9.17) is 0 Å². The molecule has 1 atom stereocenters. The fourth-order valence-corrected chi connectivity index (χ4v) is 2.70. The van der Waals surface area contributed by atoms with Gasteiger partial charge in [-0.2, -0.15) is 4.98 Å². The molecule has 156 valence electrons. The van der Waals surface area contributed by atoms with Gasteiger partial charge >= 0.3 is 0 Å². The average Bonchev–Trinajstić information content (AvgIpc) is 2.77. The van der Waals surface area contributed by atoms with Crippen molar-refractivity contribution >= 4 is 29.9 Å². The maximum atomic E-state index is 12.5. The van der Waals surface area contributed by atoms with E-state index in [0.717, 1.165) is 19.3 Å². The number of pyridine rings is 1. The summed E-state index contributed by atoms with van der Waals surface area (Å²) in [5.74, 6) is 0.617. The Morgan fingerprint density at radius 2 is 2.03 bits per heavy atom. The minimum atomic E-state index is -0.552. The molecular formula is C19H27N7O3. The van der Waals surface area contributed by atoms with Crippen LogP contribution in [-0.2, 0) is 9.59 Å². The molecule has 0 saturated heterocycles. The molecule has 0 radical (unpaired) electrons. The van der Waals surface area contributed by atoms with E-state index < -0.39 is 5.92 Å². The van der Waals surface area contributed by atoms with Crippen molar-refractivity contribution in [3.63, 3.8) is 0 Å². The number of aromatic nitrogens is 3. The van der Waals surface area contributed by atoms with Gasteiger partial charge in [0.1, 0.15) is 11.6 Å². The van der Waals surface area contributed by atoms with Crippen molar-refractivity contribution < 1.29 is 14.8 Å². The number of carbonyl (C=O) groups excluding carboxylic acids is 2. The van der Waals surface area contributed by atoms with E-state index in [0.29, 0.717) is 23.1 Å². The second kappa shape index (κ2) is 11.5. The Morgan fingerprint density at radius 1 is 1.21 bits per heavy atom. The normalized spacial score (nSPS) is 11.4. The van der Waals surface area contributed by atoms with Gasteiger partial charge in [-0.25, -0.2) is 15.0 Å². The van der Waals surface area contributed by atoms with Gasteiger partial charge in [-0.3, -0.25) is 25.6 Å². The lowest BCUT2D eigenvalue weighted by Gasteiger charge is -2.20. The van der Waals surface area contributed by atoms with E-state index in [9.17, 15) is 14.8 Å². The Bertz CT molecular complexity index is 775. The van der Waals surface area contributed by atoms with E-state index in [1.807, 2.05) is 25.2 Å². The van der Waals surface area contributed by atoms with Crippen LogP contribution in [0, 0.1) is 5.92 Å². The summed E-state index contributed by atoms with van der Waals surface area (Å²) in [5.41, 5.74) is 5.26. The van der Waals surface area contributed by atoms with Crippen molar-refractivity contribution in [2.24, 2.45) is 5.92 Å². The lowest BCUT2D eigenvalue weighted by atomic mass is 10.0. The summed E-state index contributed by atoms with van der Waals surface area (Å²) < 4.78 is 0. The first-order chi connectivity index (χ1) is 14.0. The summed E-state index contributed by atoms with van der Waals surface area (Å²) >= 11 is 0. The van der Waals surface area contributed by atoms with E-state index in [1.54, 1.807) is 23.4 Å². The first kappa shape index (κ1) is 22.0. The van der Waals surface area contributed by atoms with Crippen LogP contribution in [0.25, 0.3) is 0 Å². The third-order valence-corrected chi connectivity index (χ3v) is 4.33. The van der Waals surface area contributed by atoms with Gasteiger partial charge in [0.15, 0.2) is 0 Å². The number of nitrogens with one attached hydrogen (secondary N) is 2. The highest BCUT2D eigenvalue weighted by Crippen LogP contribution is 2.19. The molecule has 10 heteroatoms. The highest BCUT2D eigenvalue weighted by molar-refractivity contribution is 5.80. The number of carbonyl (C=O) groups is 2. The van der Waals surface area contributed by atoms with Gasteiger partial charge in [0.2, 0.25) is 18.3 Å². The van der Waals surface area contributed by atoms with Crippen LogP contribution < -0.4 is 15.8 Å². The Morgan fingerprint density at radius 3 is 2.72 bits per heavy atom. The van der Waals surface area contributed by atoms with Crippen LogP contribution in [0.3, 0.4) is 0 Å². The van der Waals surface area contributed by atoms with Gasteiger partial charge in [0, 0.05) is 19.4 Å². The highest BCUT2D eigenvalue weighted by atomic mass is 16.5. The van der Waals surface area contributed by atoms with Crippen molar-refractivity contribution in [3.05, 3.63) is 36.7 Å². The molecule has 2 amide bonds. The quantitative estimate of drug-likeness (QED) is 0.214. The van der Waals surface area contributed by atoms with E-state index in [2.05, 4.69) is 32.7 Å². The van der Waals surface area contributed by atoms with E-state index >= 15 is 0 Å². The Labute approximate surface area is 169 Å². The average molecular weight is 401 g/mol. The molecule has 0 spiro atoms. The first-order valence-electron chi connectivity index (χ1n) is 9.49. The smallest absolute Gasteiger partial charge is 0.243 e. The third kappa shape index (κ3) is 7.00. The summed E-state index contributed by atoms with van der Waals surface area (Å²) in [4.78, 5) is 37.7. The zero-order valence-corrected chi connectivity index (χ0v) is 16.7. The minimum Gasteiger partial charge on any atom is -0.314 e. The van der Waals surface area contributed by atoms with Crippen LogP contribution in [0.15, 0.2) is 36.7 Å². The maximum absolute atomic E-state index is 12.5. The predicted octanol–water partition coefficient (Wildman–Crippen LogP) is 2.13. The number of rotatable bonds is 12. The molecule has 0 aliphatic heterocycles. The van der Waals surface area contributed by atoms with Gasteiger partial charge in [-0.15, -0.1) is 0 Å². The molecule has 0 bridgehead atoms. The number of hydrazine groups is 1. The summed E-state index contributed by atoms with van der Waals surface area (Å²) in [6.45, 7) is 1.98. The monoisotopic (exact) mass is 401 g/mol. The largest absolute Gasteiger partial charge is 0.314 e. The first-order valence-corrected chi connectivity index (χ1v) is 9.49. The molecule has 3 N–H and O–H groups in total. The topological polar surface area (TPSA) is 124 Å². The van der Waals surface area contributed by atoms with Crippen molar-refractivity contribution in [3.8, 4) is 0 Å². The Hall–Kier alpha value is -3.27. The van der Waals surface area contributed by atoms with Crippen molar-refractivity contribution in [2.75, 3.05) is 23.9 Å².